The number of ether oxygens (including phenoxy) is 2. The maximum Gasteiger partial charge on any atom is 0.313 e. The minimum absolute atomic E-state index is 0.0296. The van der Waals surface area contributed by atoms with Crippen LogP contribution in [0.3, 0.4) is 0 Å². The molecule has 3 aromatic rings. The minimum Gasteiger partial charge on any atom is -0.466 e. The first-order chi connectivity index (χ1) is 14.4. The second-order valence-electron chi connectivity index (χ2n) is 6.15. The highest BCUT2D eigenvalue weighted by Gasteiger charge is 2.15. The van der Waals surface area contributed by atoms with Gasteiger partial charge in [0.15, 0.2) is 11.6 Å². The van der Waals surface area contributed by atoms with Crippen LogP contribution in [0.4, 0.5) is 8.78 Å². The third-order valence-electron chi connectivity index (χ3n) is 3.84. The van der Waals surface area contributed by atoms with Crippen LogP contribution < -0.4 is 4.74 Å². The molecule has 156 valence electrons. The smallest absolute Gasteiger partial charge is 0.313 e. The van der Waals surface area contributed by atoms with Gasteiger partial charge in [0.25, 0.3) is 5.88 Å². The van der Waals surface area contributed by atoms with Gasteiger partial charge in [0.2, 0.25) is 0 Å². The summed E-state index contributed by atoms with van der Waals surface area (Å²) in [6.45, 7) is 1.85. The lowest BCUT2D eigenvalue weighted by Gasteiger charge is -2.08. The highest BCUT2D eigenvalue weighted by molar-refractivity contribution is 6.30. The molecular weight excluding hydrogens is 420 g/mol. The molecule has 0 aliphatic rings. The van der Waals surface area contributed by atoms with E-state index in [9.17, 15) is 18.4 Å². The topological polar surface area (TPSA) is 83.3 Å². The Morgan fingerprint density at radius 3 is 2.67 bits per heavy atom. The molecule has 0 bridgehead atoms. The SMILES string of the molecule is CCOC(=O)CC(=O)Cc1cnn(-c2ccc(Oc3ncc(Cl)cc3F)cc2F)c1. The van der Waals surface area contributed by atoms with Crippen LogP contribution in [0.15, 0.2) is 42.9 Å². The Morgan fingerprint density at radius 1 is 1.17 bits per heavy atom. The number of aromatic nitrogens is 3. The number of hydrogen-bond acceptors (Lipinski definition) is 6. The lowest BCUT2D eigenvalue weighted by Crippen LogP contribution is -2.12. The Hall–Kier alpha value is -3.33. The fourth-order valence-corrected chi connectivity index (χ4v) is 2.72. The standard InChI is InChI=1S/C20H16ClF2N3O4/c1-2-29-19(28)7-14(27)5-12-9-25-26(11-12)18-4-3-15(8-16(18)22)30-20-17(23)6-13(21)10-24-20/h3-4,6,8-11H,2,5,7H2,1H3. The van der Waals surface area contributed by atoms with Gasteiger partial charge in [0.05, 0.1) is 17.8 Å². The number of hydrogen-bond donors (Lipinski definition) is 0. The maximum absolute atomic E-state index is 14.5. The summed E-state index contributed by atoms with van der Waals surface area (Å²) in [6, 6.07) is 4.89. The predicted molar refractivity (Wildman–Crippen MR) is 103 cm³/mol. The molecular formula is C20H16ClF2N3O4. The molecule has 10 heteroatoms. The van der Waals surface area contributed by atoms with Crippen LogP contribution in [0, 0.1) is 11.6 Å². The van der Waals surface area contributed by atoms with Crippen molar-refractivity contribution in [1.82, 2.24) is 14.8 Å². The third kappa shape index (κ3) is 5.38. The summed E-state index contributed by atoms with van der Waals surface area (Å²) < 4.78 is 39.5. The molecule has 0 radical (unpaired) electrons. The number of carbonyl (C=O) groups excluding carboxylic acids is 2. The van der Waals surface area contributed by atoms with Gasteiger partial charge in [-0.2, -0.15) is 5.10 Å². The number of rotatable bonds is 8. The molecule has 1 aromatic carbocycles. The van der Waals surface area contributed by atoms with Crippen LogP contribution in [0.2, 0.25) is 5.02 Å². The molecule has 0 unspecified atom stereocenters. The molecule has 2 aromatic heterocycles. The van der Waals surface area contributed by atoms with E-state index >= 15 is 0 Å². The van der Waals surface area contributed by atoms with Crippen molar-refractivity contribution in [2.45, 2.75) is 19.8 Å². The van der Waals surface area contributed by atoms with E-state index in [4.69, 9.17) is 21.1 Å². The third-order valence-corrected chi connectivity index (χ3v) is 4.05. The van der Waals surface area contributed by atoms with Crippen molar-refractivity contribution in [1.29, 1.82) is 0 Å². The van der Waals surface area contributed by atoms with Crippen LogP contribution in [-0.2, 0) is 20.7 Å². The van der Waals surface area contributed by atoms with Crippen molar-refractivity contribution in [3.8, 4) is 17.3 Å². The van der Waals surface area contributed by atoms with Crippen LogP contribution in [-0.4, -0.2) is 33.1 Å². The van der Waals surface area contributed by atoms with Gasteiger partial charge in [-0.25, -0.2) is 18.4 Å². The number of halogens is 3. The number of carbonyl (C=O) groups is 2. The molecule has 0 fully saturated rings. The van der Waals surface area contributed by atoms with E-state index in [-0.39, 0.29) is 47.6 Å². The molecule has 0 amide bonds. The fraction of sp³-hybridized carbons (Fsp3) is 0.200. The van der Waals surface area contributed by atoms with Gasteiger partial charge < -0.3 is 9.47 Å². The molecule has 0 saturated carbocycles. The molecule has 7 nitrogen and oxygen atoms in total. The zero-order valence-corrected chi connectivity index (χ0v) is 16.5. The maximum atomic E-state index is 14.5. The van der Waals surface area contributed by atoms with E-state index in [0.717, 1.165) is 12.1 Å². The minimum atomic E-state index is -0.781. The molecule has 0 aliphatic carbocycles. The summed E-state index contributed by atoms with van der Waals surface area (Å²) in [7, 11) is 0. The highest BCUT2D eigenvalue weighted by Crippen LogP contribution is 2.26. The van der Waals surface area contributed by atoms with E-state index in [1.807, 2.05) is 0 Å². The average molecular weight is 436 g/mol. The summed E-state index contributed by atoms with van der Waals surface area (Å²) in [5.74, 6) is -2.71. The van der Waals surface area contributed by atoms with E-state index < -0.39 is 17.6 Å². The Kier molecular flexibility index (Phi) is 6.73. The lowest BCUT2D eigenvalue weighted by atomic mass is 10.1. The Morgan fingerprint density at radius 2 is 1.97 bits per heavy atom. The van der Waals surface area contributed by atoms with Crippen LogP contribution in [0.1, 0.15) is 18.9 Å². The zero-order valence-electron chi connectivity index (χ0n) is 15.8. The van der Waals surface area contributed by atoms with Gasteiger partial charge in [-0.15, -0.1) is 0 Å². The van der Waals surface area contributed by atoms with Crippen molar-refractivity contribution >= 4 is 23.4 Å². The molecule has 0 saturated heterocycles. The van der Waals surface area contributed by atoms with Crippen LogP contribution in [0.25, 0.3) is 5.69 Å². The van der Waals surface area contributed by atoms with E-state index in [1.165, 1.54) is 35.4 Å². The Balaban J connectivity index is 1.70. The van der Waals surface area contributed by atoms with Crippen molar-refractivity contribution in [3.05, 3.63) is 65.1 Å². The first-order valence-electron chi connectivity index (χ1n) is 8.85. The molecule has 0 spiro atoms. The van der Waals surface area contributed by atoms with Crippen molar-refractivity contribution in [3.63, 3.8) is 0 Å². The van der Waals surface area contributed by atoms with Crippen LogP contribution in [0.5, 0.6) is 11.6 Å². The summed E-state index contributed by atoms with van der Waals surface area (Å²) in [5.41, 5.74) is 0.604. The number of Topliss-reactive ketones (excluding diaryl/α,β-unsaturated/α-hetero) is 1. The van der Waals surface area contributed by atoms with Crippen molar-refractivity contribution in [2.24, 2.45) is 0 Å². The quantitative estimate of drug-likeness (QED) is 0.392. The van der Waals surface area contributed by atoms with Crippen molar-refractivity contribution in [2.75, 3.05) is 6.61 Å². The molecule has 2 heterocycles. The monoisotopic (exact) mass is 435 g/mol. The summed E-state index contributed by atoms with van der Waals surface area (Å²) in [5, 5.41) is 4.14. The summed E-state index contributed by atoms with van der Waals surface area (Å²) in [4.78, 5) is 27.0. The summed E-state index contributed by atoms with van der Waals surface area (Å²) in [6.07, 6.45) is 3.71. The van der Waals surface area contributed by atoms with Gasteiger partial charge in [-0.1, -0.05) is 11.6 Å². The number of benzene rings is 1. The number of nitrogens with zero attached hydrogens (tertiary/aromatic N) is 3. The molecule has 0 atom stereocenters. The average Bonchev–Trinajstić information content (AvgIpc) is 3.12. The lowest BCUT2D eigenvalue weighted by molar-refractivity contribution is -0.145. The highest BCUT2D eigenvalue weighted by atomic mass is 35.5. The number of esters is 1. The van der Waals surface area contributed by atoms with Gasteiger partial charge in [0, 0.05) is 24.9 Å². The first kappa shape index (κ1) is 21.4. The predicted octanol–water partition coefficient (Wildman–Crippen LogP) is 4.06. The zero-order chi connectivity index (χ0) is 21.7. The van der Waals surface area contributed by atoms with E-state index in [0.29, 0.717) is 5.56 Å². The van der Waals surface area contributed by atoms with Crippen molar-refractivity contribution < 1.29 is 27.8 Å². The second-order valence-corrected chi connectivity index (χ2v) is 6.58. The van der Waals surface area contributed by atoms with Gasteiger partial charge >= 0.3 is 5.97 Å². The molecule has 0 aliphatic heterocycles. The van der Waals surface area contributed by atoms with Crippen LogP contribution >= 0.6 is 11.6 Å². The fourth-order valence-electron chi connectivity index (χ4n) is 2.57. The largest absolute Gasteiger partial charge is 0.466 e. The molecule has 30 heavy (non-hydrogen) atoms. The number of pyridine rings is 1. The Labute approximate surface area is 175 Å². The van der Waals surface area contributed by atoms with E-state index in [1.54, 1.807) is 6.92 Å². The first-order valence-corrected chi connectivity index (χ1v) is 9.23. The summed E-state index contributed by atoms with van der Waals surface area (Å²) >= 11 is 5.63. The normalized spacial score (nSPS) is 10.7. The van der Waals surface area contributed by atoms with E-state index in [2.05, 4.69) is 10.1 Å². The van der Waals surface area contributed by atoms with Gasteiger partial charge in [0.1, 0.15) is 23.6 Å². The molecule has 3 rings (SSSR count). The van der Waals surface area contributed by atoms with Gasteiger partial charge in [-0.05, 0) is 30.7 Å². The second kappa shape index (κ2) is 9.45. The Bertz CT molecular complexity index is 1090. The van der Waals surface area contributed by atoms with Gasteiger partial charge in [-0.3, -0.25) is 9.59 Å². The molecule has 0 N–H and O–H groups in total. The number of ketones is 1.